The number of carbonyl (C=O) groups excluding carboxylic acids is 1. The van der Waals surface area contributed by atoms with Crippen LogP contribution in [0.3, 0.4) is 0 Å². The van der Waals surface area contributed by atoms with Gasteiger partial charge in [0.15, 0.2) is 0 Å². The third-order valence-electron chi connectivity index (χ3n) is 2.42. The summed E-state index contributed by atoms with van der Waals surface area (Å²) >= 11 is 7.45. The van der Waals surface area contributed by atoms with Crippen molar-refractivity contribution in [3.8, 4) is 0 Å². The Morgan fingerprint density at radius 2 is 2.05 bits per heavy atom. The van der Waals surface area contributed by atoms with Crippen molar-refractivity contribution in [1.82, 2.24) is 10.3 Å². The fourth-order valence-corrected chi connectivity index (χ4v) is 2.53. The Kier molecular flexibility index (Phi) is 4.50. The van der Waals surface area contributed by atoms with Crippen molar-refractivity contribution in [2.45, 2.75) is 4.90 Å². The van der Waals surface area contributed by atoms with Gasteiger partial charge in [-0.1, -0.05) is 11.6 Å². The topological polar surface area (TPSA) is 44.7 Å². The van der Waals surface area contributed by atoms with Crippen LogP contribution in [-0.4, -0.2) is 36.4 Å². The van der Waals surface area contributed by atoms with E-state index in [-0.39, 0.29) is 5.91 Å². The van der Waals surface area contributed by atoms with E-state index in [0.29, 0.717) is 16.3 Å². The number of carbonyl (C=O) groups is 1. The van der Waals surface area contributed by atoms with Crippen molar-refractivity contribution in [3.63, 3.8) is 0 Å². The highest BCUT2D eigenvalue weighted by molar-refractivity contribution is 8.00. The number of nitrogens with one attached hydrogen (secondary N) is 1. The van der Waals surface area contributed by atoms with Gasteiger partial charge in [0, 0.05) is 36.0 Å². The van der Waals surface area contributed by atoms with Crippen molar-refractivity contribution in [2.24, 2.45) is 5.10 Å². The molecule has 1 aromatic rings. The maximum absolute atomic E-state index is 11.6. The number of hydrogen-bond donors (Lipinski definition) is 1. The second-order valence-corrected chi connectivity index (χ2v) is 5.73. The Hall–Kier alpha value is -1.46. The summed E-state index contributed by atoms with van der Waals surface area (Å²) in [5.74, 6) is 0.487. The Bertz CT molecular complexity index is 537. The van der Waals surface area contributed by atoms with Crippen molar-refractivity contribution in [1.29, 1.82) is 0 Å². The first-order valence-corrected chi connectivity index (χ1v) is 7.06. The Morgan fingerprint density at radius 3 is 2.68 bits per heavy atom. The minimum Gasteiger partial charge on any atom is -0.383 e. The number of benzene rings is 1. The summed E-state index contributed by atoms with van der Waals surface area (Å²) in [5, 5.41) is 4.77. The number of nitrogens with zero attached hydrogens (tertiary/aromatic N) is 2. The molecule has 2 rings (SSSR count). The summed E-state index contributed by atoms with van der Waals surface area (Å²) < 4.78 is 0. The lowest BCUT2D eigenvalue weighted by atomic mass is 10.2. The highest BCUT2D eigenvalue weighted by Gasteiger charge is 2.22. The van der Waals surface area contributed by atoms with E-state index in [1.807, 2.05) is 43.3 Å². The number of amides is 1. The first-order chi connectivity index (χ1) is 9.06. The number of thioether (sulfide) groups is 1. The fraction of sp³-hybridized carbons (Fsp3) is 0.231. The van der Waals surface area contributed by atoms with Gasteiger partial charge in [0.05, 0.1) is 11.3 Å². The van der Waals surface area contributed by atoms with E-state index in [1.54, 1.807) is 18.0 Å². The van der Waals surface area contributed by atoms with Crippen LogP contribution in [0.4, 0.5) is 0 Å². The smallest absolute Gasteiger partial charge is 0.274 e. The highest BCUT2D eigenvalue weighted by atomic mass is 35.5. The van der Waals surface area contributed by atoms with Crippen LogP contribution >= 0.6 is 23.4 Å². The molecule has 1 amide bonds. The molecule has 1 aromatic carbocycles. The molecular weight excluding hydrogens is 282 g/mol. The lowest BCUT2D eigenvalue weighted by molar-refractivity contribution is -0.116. The number of halogens is 1. The van der Waals surface area contributed by atoms with Crippen LogP contribution in [0.5, 0.6) is 0 Å². The SMILES string of the molecule is CN(C)/C=C1/C(=O)NN=C1CSc1ccc(Cl)cc1. The van der Waals surface area contributed by atoms with Crippen LogP contribution in [0.2, 0.25) is 5.02 Å². The molecule has 0 bridgehead atoms. The van der Waals surface area contributed by atoms with E-state index < -0.39 is 0 Å². The molecule has 0 radical (unpaired) electrons. The third-order valence-corrected chi connectivity index (χ3v) is 3.70. The molecule has 0 fully saturated rings. The van der Waals surface area contributed by atoms with E-state index in [9.17, 15) is 4.79 Å². The molecule has 0 aliphatic carbocycles. The number of rotatable bonds is 4. The van der Waals surface area contributed by atoms with Crippen LogP contribution in [0.15, 0.2) is 46.0 Å². The van der Waals surface area contributed by atoms with Crippen LogP contribution in [-0.2, 0) is 4.79 Å². The van der Waals surface area contributed by atoms with Gasteiger partial charge in [0.2, 0.25) is 0 Å². The van der Waals surface area contributed by atoms with Gasteiger partial charge in [-0.3, -0.25) is 4.79 Å². The van der Waals surface area contributed by atoms with Crippen LogP contribution in [0.1, 0.15) is 0 Å². The van der Waals surface area contributed by atoms with E-state index in [2.05, 4.69) is 10.5 Å². The molecule has 100 valence electrons. The molecule has 0 unspecified atom stereocenters. The summed E-state index contributed by atoms with van der Waals surface area (Å²) in [4.78, 5) is 14.6. The van der Waals surface area contributed by atoms with E-state index in [0.717, 1.165) is 10.6 Å². The number of hydrogen-bond acceptors (Lipinski definition) is 4. The zero-order valence-electron chi connectivity index (χ0n) is 10.7. The molecule has 1 aliphatic heterocycles. The monoisotopic (exact) mass is 295 g/mol. The van der Waals surface area contributed by atoms with E-state index in [4.69, 9.17) is 11.6 Å². The summed E-state index contributed by atoms with van der Waals surface area (Å²) in [5.41, 5.74) is 3.87. The maximum atomic E-state index is 11.6. The molecule has 1 aliphatic rings. The highest BCUT2D eigenvalue weighted by Crippen LogP contribution is 2.22. The van der Waals surface area contributed by atoms with E-state index >= 15 is 0 Å². The summed E-state index contributed by atoms with van der Waals surface area (Å²) in [6, 6.07) is 7.60. The molecule has 1 heterocycles. The Morgan fingerprint density at radius 1 is 1.37 bits per heavy atom. The van der Waals surface area contributed by atoms with Crippen LogP contribution < -0.4 is 5.43 Å². The lowest BCUT2D eigenvalue weighted by Gasteiger charge is -2.07. The predicted octanol–water partition coefficient (Wildman–Crippen LogP) is 2.36. The van der Waals surface area contributed by atoms with Gasteiger partial charge in [-0.2, -0.15) is 5.10 Å². The van der Waals surface area contributed by atoms with Gasteiger partial charge >= 0.3 is 0 Å². The second kappa shape index (κ2) is 6.12. The van der Waals surface area contributed by atoms with Crippen molar-refractivity contribution >= 4 is 35.0 Å². The summed E-state index contributed by atoms with van der Waals surface area (Å²) in [6.45, 7) is 0. The standard InChI is InChI=1S/C13H14ClN3OS/c1-17(2)7-11-12(15-16-13(11)18)8-19-10-5-3-9(14)4-6-10/h3-7H,8H2,1-2H3,(H,16,18)/b11-7+. The van der Waals surface area contributed by atoms with Gasteiger partial charge in [0.1, 0.15) is 0 Å². The molecule has 1 N–H and O–H groups in total. The Balaban J connectivity index is 2.03. The minimum absolute atomic E-state index is 0.152. The zero-order valence-corrected chi connectivity index (χ0v) is 12.3. The molecular formula is C13H14ClN3OS. The minimum atomic E-state index is -0.152. The van der Waals surface area contributed by atoms with Gasteiger partial charge in [-0.15, -0.1) is 11.8 Å². The van der Waals surface area contributed by atoms with Crippen molar-refractivity contribution in [3.05, 3.63) is 41.1 Å². The first-order valence-electron chi connectivity index (χ1n) is 5.70. The first kappa shape index (κ1) is 14.0. The predicted molar refractivity (Wildman–Crippen MR) is 79.5 cm³/mol. The molecule has 19 heavy (non-hydrogen) atoms. The number of hydrazone groups is 1. The van der Waals surface area contributed by atoms with Gasteiger partial charge in [0.25, 0.3) is 5.91 Å². The average molecular weight is 296 g/mol. The molecule has 4 nitrogen and oxygen atoms in total. The van der Waals surface area contributed by atoms with Gasteiger partial charge in [-0.25, -0.2) is 5.43 Å². The maximum Gasteiger partial charge on any atom is 0.274 e. The van der Waals surface area contributed by atoms with Crippen LogP contribution in [0.25, 0.3) is 0 Å². The normalized spacial score (nSPS) is 16.5. The second-order valence-electron chi connectivity index (χ2n) is 4.25. The van der Waals surface area contributed by atoms with E-state index in [1.165, 1.54) is 0 Å². The molecule has 0 aromatic heterocycles. The quantitative estimate of drug-likeness (QED) is 0.685. The largest absolute Gasteiger partial charge is 0.383 e. The molecule has 0 saturated heterocycles. The van der Waals surface area contributed by atoms with Crippen molar-refractivity contribution in [2.75, 3.05) is 19.8 Å². The zero-order chi connectivity index (χ0) is 13.8. The molecule has 0 saturated carbocycles. The van der Waals surface area contributed by atoms with Crippen LogP contribution in [0, 0.1) is 0 Å². The lowest BCUT2D eigenvalue weighted by Crippen LogP contribution is -2.17. The average Bonchev–Trinajstić information content (AvgIpc) is 2.70. The molecule has 0 atom stereocenters. The summed E-state index contributed by atoms with van der Waals surface area (Å²) in [7, 11) is 3.76. The van der Waals surface area contributed by atoms with Crippen molar-refractivity contribution < 1.29 is 4.79 Å². The Labute approximate surface area is 121 Å². The molecule has 0 spiro atoms. The fourth-order valence-electron chi connectivity index (χ4n) is 1.55. The molecule has 6 heteroatoms. The van der Waals surface area contributed by atoms with Gasteiger partial charge in [-0.05, 0) is 24.3 Å². The third kappa shape index (κ3) is 3.75. The summed E-state index contributed by atoms with van der Waals surface area (Å²) in [6.07, 6.45) is 1.78. The van der Waals surface area contributed by atoms with Gasteiger partial charge < -0.3 is 4.90 Å².